The molecule has 0 bridgehead atoms. The molecule has 9 heteroatoms. The number of benzene rings is 1. The lowest BCUT2D eigenvalue weighted by Crippen LogP contribution is -2.39. The van der Waals surface area contributed by atoms with Crippen LogP contribution in [0.3, 0.4) is 0 Å². The van der Waals surface area contributed by atoms with Crippen molar-refractivity contribution in [2.75, 3.05) is 31.5 Å². The van der Waals surface area contributed by atoms with Crippen molar-refractivity contribution in [1.82, 2.24) is 14.4 Å². The van der Waals surface area contributed by atoms with Crippen LogP contribution in [0.5, 0.6) is 0 Å². The molecule has 1 aliphatic rings. The van der Waals surface area contributed by atoms with Crippen molar-refractivity contribution < 1.29 is 9.59 Å². The van der Waals surface area contributed by atoms with E-state index >= 15 is 0 Å². The third-order valence-electron chi connectivity index (χ3n) is 4.50. The second-order valence-electron chi connectivity index (χ2n) is 6.30. The predicted octanol–water partition coefficient (Wildman–Crippen LogP) is 4.37. The van der Waals surface area contributed by atoms with Crippen LogP contribution >= 0.6 is 34.8 Å². The van der Waals surface area contributed by atoms with E-state index in [1.165, 1.54) is 0 Å². The Bertz CT molecular complexity index is 851. The van der Waals surface area contributed by atoms with E-state index in [0.717, 1.165) is 0 Å². The zero-order valence-electron chi connectivity index (χ0n) is 14.7. The number of nitrogens with zero attached hydrogens (tertiary/aromatic N) is 3. The van der Waals surface area contributed by atoms with E-state index in [4.69, 9.17) is 34.8 Å². The molecule has 1 saturated heterocycles. The quantitative estimate of drug-likeness (QED) is 0.771. The van der Waals surface area contributed by atoms with Gasteiger partial charge in [-0.1, -0.05) is 34.8 Å². The molecule has 6 nitrogen and oxygen atoms in total. The Morgan fingerprint density at radius 1 is 0.963 bits per heavy atom. The molecule has 3 rings (SSSR count). The van der Waals surface area contributed by atoms with Gasteiger partial charge in [0.05, 0.1) is 5.02 Å². The average Bonchev–Trinajstić information content (AvgIpc) is 2.85. The molecule has 3 amide bonds. The van der Waals surface area contributed by atoms with Crippen LogP contribution in [0.4, 0.5) is 10.5 Å². The maximum absolute atomic E-state index is 12.8. The highest BCUT2D eigenvalue weighted by Crippen LogP contribution is 2.26. The van der Waals surface area contributed by atoms with Gasteiger partial charge in [0.15, 0.2) is 0 Å². The molecule has 0 atom stereocenters. The van der Waals surface area contributed by atoms with Crippen LogP contribution in [0.1, 0.15) is 16.9 Å². The van der Waals surface area contributed by atoms with Gasteiger partial charge in [-0.15, -0.1) is 0 Å². The fraction of sp³-hybridized carbons (Fsp3) is 0.333. The molecule has 1 N–H and O–H groups in total. The molecule has 0 unspecified atom stereocenters. The number of rotatable bonds is 2. The van der Waals surface area contributed by atoms with Gasteiger partial charge in [-0.2, -0.15) is 0 Å². The highest BCUT2D eigenvalue weighted by atomic mass is 35.5. The van der Waals surface area contributed by atoms with E-state index in [1.54, 1.807) is 51.7 Å². The normalized spacial score (nSPS) is 14.8. The van der Waals surface area contributed by atoms with Crippen LogP contribution in [-0.4, -0.2) is 52.5 Å². The molecule has 1 aromatic carbocycles. The van der Waals surface area contributed by atoms with Crippen LogP contribution in [0.15, 0.2) is 30.3 Å². The lowest BCUT2D eigenvalue weighted by molar-refractivity contribution is 0.0753. The number of halogens is 3. The number of anilines is 1. The fourth-order valence-corrected chi connectivity index (χ4v) is 3.47. The number of nitrogens with one attached hydrogen (secondary N) is 1. The second kappa shape index (κ2) is 8.42. The summed E-state index contributed by atoms with van der Waals surface area (Å²) in [5.41, 5.74) is 1.11. The molecule has 0 radical (unpaired) electrons. The number of carbonyl (C=O) groups excluding carboxylic acids is 2. The standard InChI is InChI=1S/C18H19Cl3N4O2/c1-23-15(11-14(20)16(23)21)17(26)24-7-2-8-25(10-9-24)18(27)22-13-5-3-12(19)4-6-13/h3-6,11H,2,7-10H2,1H3,(H,22,27). The van der Waals surface area contributed by atoms with Gasteiger partial charge in [0.2, 0.25) is 0 Å². The molecule has 1 aliphatic heterocycles. The van der Waals surface area contributed by atoms with Gasteiger partial charge >= 0.3 is 6.03 Å². The summed E-state index contributed by atoms with van der Waals surface area (Å²) in [4.78, 5) is 28.7. The largest absolute Gasteiger partial charge is 0.336 e. The van der Waals surface area contributed by atoms with Crippen LogP contribution < -0.4 is 5.32 Å². The van der Waals surface area contributed by atoms with E-state index in [-0.39, 0.29) is 11.9 Å². The minimum Gasteiger partial charge on any atom is -0.336 e. The Morgan fingerprint density at radius 2 is 1.59 bits per heavy atom. The Balaban J connectivity index is 1.62. The van der Waals surface area contributed by atoms with Crippen LogP contribution in [0, 0.1) is 0 Å². The second-order valence-corrected chi connectivity index (χ2v) is 7.50. The monoisotopic (exact) mass is 428 g/mol. The van der Waals surface area contributed by atoms with Crippen molar-refractivity contribution in [2.45, 2.75) is 6.42 Å². The van der Waals surface area contributed by atoms with Gasteiger partial charge in [-0.25, -0.2) is 4.79 Å². The van der Waals surface area contributed by atoms with Crippen LogP contribution in [0.25, 0.3) is 0 Å². The van der Waals surface area contributed by atoms with Gasteiger partial charge in [0, 0.05) is 43.9 Å². The van der Waals surface area contributed by atoms with Crippen molar-refractivity contribution in [3.63, 3.8) is 0 Å². The smallest absolute Gasteiger partial charge is 0.321 e. The maximum atomic E-state index is 12.8. The summed E-state index contributed by atoms with van der Waals surface area (Å²) in [5.74, 6) is -0.147. The first kappa shape index (κ1) is 19.9. The SMILES string of the molecule is Cn1c(C(=O)N2CCCN(C(=O)Nc3ccc(Cl)cc3)CC2)cc(Cl)c1Cl. The Hall–Kier alpha value is -1.89. The van der Waals surface area contributed by atoms with E-state index < -0.39 is 0 Å². The number of hydrogen-bond donors (Lipinski definition) is 1. The first-order chi connectivity index (χ1) is 12.9. The predicted molar refractivity (Wildman–Crippen MR) is 108 cm³/mol. The molecule has 27 heavy (non-hydrogen) atoms. The third kappa shape index (κ3) is 4.51. The number of carbonyl (C=O) groups is 2. The van der Waals surface area contributed by atoms with Gasteiger partial charge in [0.25, 0.3) is 5.91 Å². The summed E-state index contributed by atoms with van der Waals surface area (Å²) < 4.78 is 1.57. The molecule has 0 spiro atoms. The molecule has 2 aromatic rings. The summed E-state index contributed by atoms with van der Waals surface area (Å²) in [6.07, 6.45) is 0.686. The lowest BCUT2D eigenvalue weighted by atomic mass is 10.3. The van der Waals surface area contributed by atoms with Crippen molar-refractivity contribution >= 4 is 52.4 Å². The Kier molecular flexibility index (Phi) is 6.19. The fourth-order valence-electron chi connectivity index (χ4n) is 2.97. The van der Waals surface area contributed by atoms with E-state index in [2.05, 4.69) is 5.32 Å². The molecular formula is C18H19Cl3N4O2. The zero-order chi connectivity index (χ0) is 19.6. The molecule has 1 fully saturated rings. The van der Waals surface area contributed by atoms with Crippen molar-refractivity contribution in [3.05, 3.63) is 51.2 Å². The third-order valence-corrected chi connectivity index (χ3v) is 5.60. The highest BCUT2D eigenvalue weighted by molar-refractivity contribution is 6.41. The molecule has 0 aliphatic carbocycles. The van der Waals surface area contributed by atoms with Gasteiger partial charge < -0.3 is 19.7 Å². The summed E-state index contributed by atoms with van der Waals surface area (Å²) in [7, 11) is 1.70. The topological polar surface area (TPSA) is 57.6 Å². The van der Waals surface area contributed by atoms with Crippen LogP contribution in [-0.2, 0) is 7.05 Å². The Labute approximate surface area is 172 Å². The van der Waals surface area contributed by atoms with Crippen LogP contribution in [0.2, 0.25) is 15.2 Å². The number of amides is 3. The van der Waals surface area contributed by atoms with Gasteiger partial charge in [-0.3, -0.25) is 4.79 Å². The summed E-state index contributed by atoms with van der Waals surface area (Å²) >= 11 is 17.9. The molecule has 1 aromatic heterocycles. The number of urea groups is 1. The zero-order valence-corrected chi connectivity index (χ0v) is 17.0. The van der Waals surface area contributed by atoms with Gasteiger partial charge in [0.1, 0.15) is 10.8 Å². The minimum absolute atomic E-state index is 0.147. The molecule has 144 valence electrons. The van der Waals surface area contributed by atoms with E-state index in [0.29, 0.717) is 59.2 Å². The first-order valence-electron chi connectivity index (χ1n) is 8.48. The minimum atomic E-state index is -0.198. The Morgan fingerprint density at radius 3 is 2.22 bits per heavy atom. The lowest BCUT2D eigenvalue weighted by Gasteiger charge is -2.22. The number of aromatic nitrogens is 1. The average molecular weight is 430 g/mol. The van der Waals surface area contributed by atoms with Crippen molar-refractivity contribution in [3.8, 4) is 0 Å². The number of hydrogen-bond acceptors (Lipinski definition) is 2. The summed E-state index contributed by atoms with van der Waals surface area (Å²) in [6.45, 7) is 2.01. The van der Waals surface area contributed by atoms with Gasteiger partial charge in [-0.05, 0) is 36.8 Å². The highest BCUT2D eigenvalue weighted by Gasteiger charge is 2.25. The maximum Gasteiger partial charge on any atom is 0.321 e. The van der Waals surface area contributed by atoms with E-state index in [9.17, 15) is 9.59 Å². The first-order valence-corrected chi connectivity index (χ1v) is 9.61. The summed E-state index contributed by atoms with van der Waals surface area (Å²) in [6, 6.07) is 8.30. The summed E-state index contributed by atoms with van der Waals surface area (Å²) in [5, 5.41) is 4.14. The molecule has 0 saturated carbocycles. The van der Waals surface area contributed by atoms with E-state index in [1.807, 2.05) is 0 Å². The molecule has 2 heterocycles. The van der Waals surface area contributed by atoms with Crippen molar-refractivity contribution in [1.29, 1.82) is 0 Å². The molecular weight excluding hydrogens is 411 g/mol. The van der Waals surface area contributed by atoms with Crippen molar-refractivity contribution in [2.24, 2.45) is 7.05 Å².